The fraction of sp³-hybridized carbons (Fsp3) is 0.471. The molecule has 120 valence electrons. The second-order valence-corrected chi connectivity index (χ2v) is 6.39. The van der Waals surface area contributed by atoms with Gasteiger partial charge in [-0.1, -0.05) is 12.1 Å². The summed E-state index contributed by atoms with van der Waals surface area (Å²) < 4.78 is 1.84. The Balaban J connectivity index is 1.56. The Morgan fingerprint density at radius 1 is 1.39 bits per heavy atom. The standard InChI is InChI=1S/C17H21N5O/c1-12-4-5-13-6-8-21(15(13)9-12)17(23)16-19-11-22(20-16)14-3-2-7-18-10-14/h4-5,9,11,14,18H,2-3,6-8,10H2,1H3/t14-/m0/s1. The molecule has 2 aliphatic rings. The van der Waals surface area contributed by atoms with Crippen LogP contribution in [-0.2, 0) is 6.42 Å². The lowest BCUT2D eigenvalue weighted by molar-refractivity contribution is 0.0978. The number of piperidine rings is 1. The number of aryl methyl sites for hydroxylation is 1. The summed E-state index contributed by atoms with van der Waals surface area (Å²) in [5, 5.41) is 7.81. The molecule has 2 aliphatic heterocycles. The average molecular weight is 311 g/mol. The van der Waals surface area contributed by atoms with E-state index in [9.17, 15) is 4.79 Å². The van der Waals surface area contributed by atoms with Gasteiger partial charge in [0.25, 0.3) is 5.91 Å². The number of anilines is 1. The Morgan fingerprint density at radius 3 is 3.13 bits per heavy atom. The van der Waals surface area contributed by atoms with E-state index in [1.807, 2.05) is 11.6 Å². The van der Waals surface area contributed by atoms with Gasteiger partial charge in [-0.3, -0.25) is 4.79 Å². The van der Waals surface area contributed by atoms with Gasteiger partial charge in [-0.15, -0.1) is 5.10 Å². The van der Waals surface area contributed by atoms with Crippen LogP contribution >= 0.6 is 0 Å². The number of nitrogens with zero attached hydrogens (tertiary/aromatic N) is 4. The lowest BCUT2D eigenvalue weighted by Crippen LogP contribution is -2.33. The van der Waals surface area contributed by atoms with Gasteiger partial charge in [-0.25, -0.2) is 9.67 Å². The highest BCUT2D eigenvalue weighted by atomic mass is 16.2. The maximum atomic E-state index is 12.8. The summed E-state index contributed by atoms with van der Waals surface area (Å²) in [7, 11) is 0. The van der Waals surface area contributed by atoms with E-state index in [1.165, 1.54) is 5.56 Å². The Morgan fingerprint density at radius 2 is 2.30 bits per heavy atom. The van der Waals surface area contributed by atoms with Crippen LogP contribution in [0.4, 0.5) is 5.69 Å². The number of aromatic nitrogens is 3. The molecule has 0 unspecified atom stereocenters. The summed E-state index contributed by atoms with van der Waals surface area (Å²) >= 11 is 0. The molecular weight excluding hydrogens is 290 g/mol. The van der Waals surface area contributed by atoms with Crippen LogP contribution in [0.1, 0.15) is 40.6 Å². The fourth-order valence-corrected chi connectivity index (χ4v) is 3.43. The Kier molecular flexibility index (Phi) is 3.61. The summed E-state index contributed by atoms with van der Waals surface area (Å²) in [4.78, 5) is 18.9. The van der Waals surface area contributed by atoms with Crippen molar-refractivity contribution >= 4 is 11.6 Å². The molecule has 0 radical (unpaired) electrons. The minimum absolute atomic E-state index is 0.100. The quantitative estimate of drug-likeness (QED) is 0.917. The maximum absolute atomic E-state index is 12.8. The van der Waals surface area contributed by atoms with E-state index in [4.69, 9.17) is 0 Å². The second kappa shape index (κ2) is 5.77. The van der Waals surface area contributed by atoms with E-state index in [2.05, 4.69) is 33.6 Å². The Bertz CT molecular complexity index is 732. The Hall–Kier alpha value is -2.21. The molecule has 6 heteroatoms. The van der Waals surface area contributed by atoms with Gasteiger partial charge in [0, 0.05) is 18.8 Å². The van der Waals surface area contributed by atoms with Crippen LogP contribution in [-0.4, -0.2) is 40.3 Å². The molecule has 1 aromatic carbocycles. The number of carbonyl (C=O) groups is 1. The molecule has 1 saturated heterocycles. The lowest BCUT2D eigenvalue weighted by atomic mass is 10.1. The van der Waals surface area contributed by atoms with Crippen LogP contribution in [0.25, 0.3) is 0 Å². The smallest absolute Gasteiger partial charge is 0.297 e. The van der Waals surface area contributed by atoms with Crippen LogP contribution in [0.2, 0.25) is 0 Å². The zero-order valence-electron chi connectivity index (χ0n) is 13.3. The monoisotopic (exact) mass is 311 g/mol. The number of carbonyl (C=O) groups excluding carboxylic acids is 1. The molecule has 1 aromatic heterocycles. The van der Waals surface area contributed by atoms with Gasteiger partial charge in [0.05, 0.1) is 6.04 Å². The summed E-state index contributed by atoms with van der Waals surface area (Å²) in [6.07, 6.45) is 4.80. The van der Waals surface area contributed by atoms with Gasteiger partial charge in [-0.05, 0) is 49.9 Å². The van der Waals surface area contributed by atoms with Crippen molar-refractivity contribution in [2.75, 3.05) is 24.5 Å². The second-order valence-electron chi connectivity index (χ2n) is 6.39. The SMILES string of the molecule is Cc1ccc2c(c1)N(C(=O)c1ncn([C@H]3CCCNC3)n1)CC2. The number of amides is 1. The highest BCUT2D eigenvalue weighted by Gasteiger charge is 2.28. The van der Waals surface area contributed by atoms with Crippen LogP contribution in [0.5, 0.6) is 0 Å². The molecule has 6 nitrogen and oxygen atoms in total. The number of fused-ring (bicyclic) bond motifs is 1. The van der Waals surface area contributed by atoms with Crippen LogP contribution in [0.15, 0.2) is 24.5 Å². The number of hydrogen-bond donors (Lipinski definition) is 1. The maximum Gasteiger partial charge on any atom is 0.297 e. The van der Waals surface area contributed by atoms with Crippen molar-refractivity contribution in [3.8, 4) is 0 Å². The van der Waals surface area contributed by atoms with E-state index in [0.29, 0.717) is 18.4 Å². The summed E-state index contributed by atoms with van der Waals surface area (Å²) in [5.41, 5.74) is 3.39. The van der Waals surface area contributed by atoms with Crippen molar-refractivity contribution < 1.29 is 4.79 Å². The molecule has 1 fully saturated rings. The normalized spacial score (nSPS) is 20.6. The van der Waals surface area contributed by atoms with Gasteiger partial charge in [0.2, 0.25) is 5.82 Å². The van der Waals surface area contributed by atoms with E-state index in [-0.39, 0.29) is 5.91 Å². The minimum Gasteiger partial charge on any atom is -0.315 e. The first-order valence-corrected chi connectivity index (χ1v) is 8.25. The molecule has 4 rings (SSSR count). The van der Waals surface area contributed by atoms with Crippen molar-refractivity contribution in [2.24, 2.45) is 0 Å². The molecule has 0 bridgehead atoms. The number of hydrogen-bond acceptors (Lipinski definition) is 4. The van der Waals surface area contributed by atoms with E-state index >= 15 is 0 Å². The molecule has 23 heavy (non-hydrogen) atoms. The number of rotatable bonds is 2. The predicted octanol–water partition coefficient (Wildman–Crippen LogP) is 1.71. The van der Waals surface area contributed by atoms with Crippen molar-refractivity contribution in [2.45, 2.75) is 32.2 Å². The number of nitrogens with one attached hydrogen (secondary N) is 1. The topological polar surface area (TPSA) is 63.1 Å². The Labute approximate surface area is 135 Å². The van der Waals surface area contributed by atoms with Crippen molar-refractivity contribution in [1.82, 2.24) is 20.1 Å². The molecule has 0 aliphatic carbocycles. The molecule has 0 saturated carbocycles. The first-order chi connectivity index (χ1) is 11.2. The summed E-state index contributed by atoms with van der Waals surface area (Å²) in [5.74, 6) is 0.196. The van der Waals surface area contributed by atoms with Crippen molar-refractivity contribution in [3.05, 3.63) is 41.5 Å². The third kappa shape index (κ3) is 2.63. The molecule has 2 aromatic rings. The molecule has 3 heterocycles. The van der Waals surface area contributed by atoms with Gasteiger partial charge < -0.3 is 10.2 Å². The zero-order chi connectivity index (χ0) is 15.8. The molecule has 1 atom stereocenters. The van der Waals surface area contributed by atoms with Gasteiger partial charge in [0.15, 0.2) is 0 Å². The predicted molar refractivity (Wildman–Crippen MR) is 87.7 cm³/mol. The first-order valence-electron chi connectivity index (χ1n) is 8.25. The lowest BCUT2D eigenvalue weighted by Gasteiger charge is -2.22. The van der Waals surface area contributed by atoms with Crippen LogP contribution < -0.4 is 10.2 Å². The van der Waals surface area contributed by atoms with Gasteiger partial charge in [-0.2, -0.15) is 0 Å². The summed E-state index contributed by atoms with van der Waals surface area (Å²) in [6, 6.07) is 6.57. The van der Waals surface area contributed by atoms with E-state index < -0.39 is 0 Å². The third-order valence-electron chi connectivity index (χ3n) is 4.73. The molecule has 0 spiro atoms. The number of benzene rings is 1. The van der Waals surface area contributed by atoms with Crippen LogP contribution in [0, 0.1) is 6.92 Å². The van der Waals surface area contributed by atoms with E-state index in [1.54, 1.807) is 11.2 Å². The summed E-state index contributed by atoms with van der Waals surface area (Å²) in [6.45, 7) is 4.70. The largest absolute Gasteiger partial charge is 0.315 e. The van der Waals surface area contributed by atoms with E-state index in [0.717, 1.165) is 43.6 Å². The first kappa shape index (κ1) is 14.4. The van der Waals surface area contributed by atoms with Gasteiger partial charge >= 0.3 is 0 Å². The van der Waals surface area contributed by atoms with Crippen molar-refractivity contribution in [1.29, 1.82) is 0 Å². The molecule has 1 amide bonds. The van der Waals surface area contributed by atoms with Gasteiger partial charge in [0.1, 0.15) is 6.33 Å². The molecule has 1 N–H and O–H groups in total. The minimum atomic E-state index is -0.100. The highest BCUT2D eigenvalue weighted by Crippen LogP contribution is 2.29. The van der Waals surface area contributed by atoms with Crippen molar-refractivity contribution in [3.63, 3.8) is 0 Å². The van der Waals surface area contributed by atoms with Crippen LogP contribution in [0.3, 0.4) is 0 Å². The third-order valence-corrected chi connectivity index (χ3v) is 4.73. The fourth-order valence-electron chi connectivity index (χ4n) is 3.43. The average Bonchev–Trinajstić information content (AvgIpc) is 3.22. The molecular formula is C17H21N5O. The highest BCUT2D eigenvalue weighted by molar-refractivity contribution is 6.04. The zero-order valence-corrected chi connectivity index (χ0v) is 13.3.